The minimum absolute atomic E-state index is 0.186. The summed E-state index contributed by atoms with van der Waals surface area (Å²) in [5.41, 5.74) is 12.4. The summed E-state index contributed by atoms with van der Waals surface area (Å²) >= 11 is 3.78. The van der Waals surface area contributed by atoms with Gasteiger partial charge in [-0.25, -0.2) is 0 Å². The van der Waals surface area contributed by atoms with Crippen LogP contribution in [0.4, 0.5) is 11.4 Å². The highest BCUT2D eigenvalue weighted by atomic mass is 32.1. The van der Waals surface area contributed by atoms with Crippen molar-refractivity contribution in [3.05, 3.63) is 212 Å². The van der Waals surface area contributed by atoms with Crippen LogP contribution in [0.3, 0.4) is 0 Å². The van der Waals surface area contributed by atoms with Crippen LogP contribution in [0, 0.1) is 0 Å². The van der Waals surface area contributed by atoms with Gasteiger partial charge in [0.1, 0.15) is 0 Å². The van der Waals surface area contributed by atoms with Gasteiger partial charge in [0, 0.05) is 51.7 Å². The lowest BCUT2D eigenvalue weighted by atomic mass is 9.95. The lowest BCUT2D eigenvalue weighted by molar-refractivity contribution is 0.787. The largest absolute Gasteiger partial charge is 0.334 e. The predicted molar refractivity (Wildman–Crippen MR) is 249 cm³/mol. The maximum atomic E-state index is 2.49. The van der Waals surface area contributed by atoms with Crippen LogP contribution in [-0.4, -0.2) is 6.04 Å². The molecule has 0 saturated carbocycles. The Morgan fingerprint density at radius 1 is 0.404 bits per heavy atom. The van der Waals surface area contributed by atoms with Gasteiger partial charge in [0.2, 0.25) is 0 Å². The van der Waals surface area contributed by atoms with Gasteiger partial charge < -0.3 is 4.90 Å². The summed E-state index contributed by atoms with van der Waals surface area (Å²) in [6, 6.07) is 69.2. The van der Waals surface area contributed by atoms with E-state index in [4.69, 9.17) is 0 Å². The smallest absolute Gasteiger partial charge is 0.0560 e. The molecule has 2 aromatic heterocycles. The fraction of sp³-hybridized carbons (Fsp3) is 0.0370. The van der Waals surface area contributed by atoms with Crippen LogP contribution in [0.1, 0.15) is 12.0 Å². The van der Waals surface area contributed by atoms with E-state index in [0.717, 1.165) is 6.42 Å². The Balaban J connectivity index is 0.933. The molecule has 2 heterocycles. The summed E-state index contributed by atoms with van der Waals surface area (Å²) in [5.74, 6) is 0. The molecule has 11 rings (SSSR count). The second kappa shape index (κ2) is 14.2. The Hall–Kier alpha value is -6.52. The number of nitrogens with zero attached hydrogens (tertiary/aromatic N) is 1. The quantitative estimate of drug-likeness (QED) is 0.156. The predicted octanol–water partition coefficient (Wildman–Crippen LogP) is 16.0. The summed E-state index contributed by atoms with van der Waals surface area (Å²) in [7, 11) is 0. The van der Waals surface area contributed by atoms with Crippen molar-refractivity contribution in [3.63, 3.8) is 0 Å². The van der Waals surface area contributed by atoms with E-state index >= 15 is 0 Å². The number of anilines is 2. The molecule has 0 radical (unpaired) electrons. The van der Waals surface area contributed by atoms with E-state index < -0.39 is 0 Å². The average molecular weight is 764 g/mol. The summed E-state index contributed by atoms with van der Waals surface area (Å²) in [6.45, 7) is 0. The third kappa shape index (κ3) is 6.17. The second-order valence-electron chi connectivity index (χ2n) is 14.8. The monoisotopic (exact) mass is 763 g/mol. The van der Waals surface area contributed by atoms with Crippen LogP contribution < -0.4 is 4.90 Å². The van der Waals surface area contributed by atoms with E-state index in [0.29, 0.717) is 0 Å². The van der Waals surface area contributed by atoms with Crippen molar-refractivity contribution in [3.8, 4) is 33.4 Å². The molecule has 1 aliphatic carbocycles. The highest BCUT2D eigenvalue weighted by Gasteiger charge is 2.21. The molecule has 8 aromatic carbocycles. The zero-order valence-corrected chi connectivity index (χ0v) is 32.8. The van der Waals surface area contributed by atoms with Crippen LogP contribution in [-0.2, 0) is 0 Å². The van der Waals surface area contributed by atoms with Crippen LogP contribution in [0.5, 0.6) is 0 Å². The lowest BCUT2D eigenvalue weighted by Crippen LogP contribution is -2.30. The fourth-order valence-corrected chi connectivity index (χ4v) is 11.0. The Labute approximate surface area is 340 Å². The van der Waals surface area contributed by atoms with Crippen LogP contribution in [0.2, 0.25) is 0 Å². The molecule has 1 nitrogen and oxygen atoms in total. The third-order valence-corrected chi connectivity index (χ3v) is 13.8. The van der Waals surface area contributed by atoms with Crippen molar-refractivity contribution in [2.75, 3.05) is 4.90 Å². The summed E-state index contributed by atoms with van der Waals surface area (Å²) in [6.07, 6.45) is 7.97. The maximum Gasteiger partial charge on any atom is 0.0560 e. The maximum absolute atomic E-state index is 2.49. The fourth-order valence-electron chi connectivity index (χ4n) is 8.53. The number of fused-ring (bicyclic) bond motifs is 6. The summed E-state index contributed by atoms with van der Waals surface area (Å²) in [4.78, 5) is 2.49. The molecule has 0 N–H and O–H groups in total. The van der Waals surface area contributed by atoms with Crippen molar-refractivity contribution in [1.29, 1.82) is 0 Å². The standard InChI is InChI=1S/C54H37NS2/c1-3-10-36(11-4-1)38-18-26-43(27-19-38)55(44-28-20-39(21-29-44)37-12-5-2-6-13-37)45-30-22-40(23-31-45)46-15-9-16-50-49-33-25-42(35-53(49)57-54(46)50)41-24-32-48-47-14-7-8-17-51(47)56-52(48)34-41/h1-28,30-35,44H,29H2. The zero-order chi connectivity index (χ0) is 37.7. The van der Waals surface area contributed by atoms with Gasteiger partial charge in [0.15, 0.2) is 0 Å². The number of thiophene rings is 2. The number of hydrogen-bond acceptors (Lipinski definition) is 3. The first-order valence-electron chi connectivity index (χ1n) is 19.6. The van der Waals surface area contributed by atoms with E-state index in [1.807, 2.05) is 22.7 Å². The Kier molecular flexibility index (Phi) is 8.42. The minimum atomic E-state index is 0.186. The van der Waals surface area contributed by atoms with Crippen molar-refractivity contribution in [2.24, 2.45) is 0 Å². The zero-order valence-electron chi connectivity index (χ0n) is 31.2. The van der Waals surface area contributed by atoms with E-state index in [1.165, 1.54) is 96.2 Å². The number of rotatable bonds is 7. The Morgan fingerprint density at radius 3 is 1.63 bits per heavy atom. The molecule has 0 spiro atoms. The highest BCUT2D eigenvalue weighted by Crippen LogP contribution is 2.43. The van der Waals surface area contributed by atoms with Gasteiger partial charge in [-0.1, -0.05) is 164 Å². The minimum Gasteiger partial charge on any atom is -0.334 e. The number of benzene rings is 8. The van der Waals surface area contributed by atoms with Gasteiger partial charge in [-0.2, -0.15) is 0 Å². The van der Waals surface area contributed by atoms with E-state index in [1.54, 1.807) is 0 Å². The lowest BCUT2D eigenvalue weighted by Gasteiger charge is -2.33. The molecule has 1 unspecified atom stereocenters. The molecule has 57 heavy (non-hydrogen) atoms. The van der Waals surface area contributed by atoms with E-state index in [2.05, 4.69) is 211 Å². The normalized spacial score (nSPS) is 14.1. The van der Waals surface area contributed by atoms with Gasteiger partial charge in [0.05, 0.1) is 6.04 Å². The molecule has 1 aliphatic rings. The summed E-state index contributed by atoms with van der Waals surface area (Å²) < 4.78 is 5.34. The first-order chi connectivity index (χ1) is 28.2. The molecule has 1 atom stereocenters. The van der Waals surface area contributed by atoms with Crippen LogP contribution in [0.15, 0.2) is 206 Å². The van der Waals surface area contributed by atoms with Gasteiger partial charge in [-0.3, -0.25) is 0 Å². The van der Waals surface area contributed by atoms with Crippen LogP contribution >= 0.6 is 22.7 Å². The first-order valence-corrected chi connectivity index (χ1v) is 21.2. The summed E-state index contributed by atoms with van der Waals surface area (Å²) in [5, 5.41) is 5.32. The number of hydrogen-bond donors (Lipinski definition) is 0. The Bertz CT molecular complexity index is 3130. The molecule has 0 aliphatic heterocycles. The van der Waals surface area contributed by atoms with Crippen molar-refractivity contribution in [2.45, 2.75) is 12.5 Å². The van der Waals surface area contributed by atoms with Gasteiger partial charge in [0.25, 0.3) is 0 Å². The molecule has 0 bridgehead atoms. The molecule has 10 aromatic rings. The van der Waals surface area contributed by atoms with E-state index in [9.17, 15) is 0 Å². The molecule has 0 fully saturated rings. The molecular weight excluding hydrogens is 727 g/mol. The SMILES string of the molecule is C1=CC(N(c2ccc(-c3ccccc3)cc2)c2ccc(-c3cccc4c3sc3cc(-c5ccc6c(c5)sc5ccccc56)ccc34)cc2)CC=C1c1ccccc1. The highest BCUT2D eigenvalue weighted by molar-refractivity contribution is 7.26. The van der Waals surface area contributed by atoms with Crippen molar-refractivity contribution in [1.82, 2.24) is 0 Å². The second-order valence-corrected chi connectivity index (χ2v) is 17.0. The average Bonchev–Trinajstić information content (AvgIpc) is 3.86. The molecule has 3 heteroatoms. The molecule has 270 valence electrons. The topological polar surface area (TPSA) is 3.24 Å². The van der Waals surface area contributed by atoms with Crippen LogP contribution in [0.25, 0.3) is 79.3 Å². The van der Waals surface area contributed by atoms with Gasteiger partial charge in [-0.15, -0.1) is 22.7 Å². The Morgan fingerprint density at radius 2 is 0.947 bits per heavy atom. The van der Waals surface area contributed by atoms with E-state index in [-0.39, 0.29) is 6.04 Å². The first kappa shape index (κ1) is 33.8. The number of allylic oxidation sites excluding steroid dienone is 2. The van der Waals surface area contributed by atoms with Gasteiger partial charge >= 0.3 is 0 Å². The third-order valence-electron chi connectivity index (χ3n) is 11.4. The molecular formula is C54H37NS2. The van der Waals surface area contributed by atoms with Crippen molar-refractivity contribution < 1.29 is 0 Å². The van der Waals surface area contributed by atoms with Gasteiger partial charge in [-0.05, 0) is 93.4 Å². The van der Waals surface area contributed by atoms with Crippen molar-refractivity contribution >= 4 is 80.0 Å². The molecule has 0 saturated heterocycles. The molecule has 0 amide bonds.